The molecule has 0 fully saturated rings. The van der Waals surface area contributed by atoms with Crippen LogP contribution in [0.2, 0.25) is 0 Å². The second kappa shape index (κ2) is 5.19. The monoisotopic (exact) mass is 189 g/mol. The van der Waals surface area contributed by atoms with E-state index in [-0.39, 0.29) is 11.5 Å². The summed E-state index contributed by atoms with van der Waals surface area (Å²) in [7, 11) is 2.93. The number of hydrogen-bond donors (Lipinski definition) is 1. The number of rotatable bonds is 4. The Morgan fingerprint density at radius 2 is 1.92 bits per heavy atom. The van der Waals surface area contributed by atoms with Crippen molar-refractivity contribution in [1.29, 1.82) is 0 Å². The molecule has 13 heavy (non-hydrogen) atoms. The van der Waals surface area contributed by atoms with Gasteiger partial charge in [0, 0.05) is 12.6 Å². The highest BCUT2D eigenvalue weighted by molar-refractivity contribution is 5.75. The van der Waals surface area contributed by atoms with Gasteiger partial charge in [-0.1, -0.05) is 0 Å². The molecule has 0 aliphatic carbocycles. The van der Waals surface area contributed by atoms with Crippen LogP contribution in [0.1, 0.15) is 20.8 Å². The molecule has 1 N–H and O–H groups in total. The largest absolute Gasteiger partial charge is 0.468 e. The molecular formula is C9H19NO3. The molecule has 0 amide bonds. The van der Waals surface area contributed by atoms with Crippen LogP contribution in [0.5, 0.6) is 0 Å². The van der Waals surface area contributed by atoms with Crippen LogP contribution < -0.4 is 5.32 Å². The minimum atomic E-state index is -0.394. The summed E-state index contributed by atoms with van der Waals surface area (Å²) in [6.07, 6.45) is 0. The van der Waals surface area contributed by atoms with Crippen LogP contribution in [0.3, 0.4) is 0 Å². The van der Waals surface area contributed by atoms with Crippen LogP contribution in [0, 0.1) is 0 Å². The normalized spacial score (nSPS) is 13.9. The molecule has 0 spiro atoms. The van der Waals surface area contributed by atoms with Gasteiger partial charge in [0.2, 0.25) is 0 Å². The number of carbonyl (C=O) groups excluding carboxylic acids is 1. The van der Waals surface area contributed by atoms with Gasteiger partial charge in [0.25, 0.3) is 0 Å². The van der Waals surface area contributed by atoms with Crippen LogP contribution in [0.25, 0.3) is 0 Å². The van der Waals surface area contributed by atoms with Crippen LogP contribution in [-0.4, -0.2) is 38.4 Å². The van der Waals surface area contributed by atoms with E-state index in [2.05, 4.69) is 10.1 Å². The topological polar surface area (TPSA) is 47.6 Å². The molecule has 0 aliphatic rings. The molecule has 0 bridgehead atoms. The van der Waals surface area contributed by atoms with Crippen molar-refractivity contribution in [3.05, 3.63) is 0 Å². The van der Waals surface area contributed by atoms with E-state index in [1.165, 1.54) is 7.11 Å². The smallest absolute Gasteiger partial charge is 0.325 e. The predicted octanol–water partition coefficient (Wildman–Crippen LogP) is 0.562. The Bertz CT molecular complexity index is 163. The maximum Gasteiger partial charge on any atom is 0.325 e. The summed E-state index contributed by atoms with van der Waals surface area (Å²) in [6.45, 7) is 6.28. The van der Waals surface area contributed by atoms with Crippen molar-refractivity contribution < 1.29 is 14.3 Å². The molecule has 1 atom stereocenters. The number of nitrogens with one attached hydrogen (secondary N) is 1. The van der Waals surface area contributed by atoms with Gasteiger partial charge >= 0.3 is 5.97 Å². The molecule has 0 saturated carbocycles. The fourth-order valence-electron chi connectivity index (χ4n) is 1.00. The Morgan fingerprint density at radius 3 is 2.23 bits per heavy atom. The molecule has 0 saturated heterocycles. The number of esters is 1. The highest BCUT2D eigenvalue weighted by Crippen LogP contribution is 2.02. The van der Waals surface area contributed by atoms with Gasteiger partial charge < -0.3 is 9.47 Å². The van der Waals surface area contributed by atoms with E-state index in [4.69, 9.17) is 4.74 Å². The second-order valence-corrected chi connectivity index (χ2v) is 3.93. The lowest BCUT2D eigenvalue weighted by Gasteiger charge is -2.26. The average molecular weight is 189 g/mol. The zero-order valence-corrected chi connectivity index (χ0v) is 9.01. The van der Waals surface area contributed by atoms with Crippen molar-refractivity contribution in [3.63, 3.8) is 0 Å². The average Bonchev–Trinajstić information content (AvgIpc) is 2.00. The van der Waals surface area contributed by atoms with Gasteiger partial charge in [0.1, 0.15) is 6.04 Å². The third kappa shape index (κ3) is 5.60. The first-order chi connectivity index (χ1) is 5.90. The van der Waals surface area contributed by atoms with Crippen LogP contribution >= 0.6 is 0 Å². The lowest BCUT2D eigenvalue weighted by atomic mass is 10.1. The summed E-state index contributed by atoms with van der Waals surface area (Å²) >= 11 is 0. The first kappa shape index (κ1) is 12.4. The Labute approximate surface area is 79.6 Å². The molecule has 4 heteroatoms. The minimum absolute atomic E-state index is 0.128. The lowest BCUT2D eigenvalue weighted by molar-refractivity contribution is -0.145. The van der Waals surface area contributed by atoms with E-state index < -0.39 is 6.04 Å². The molecule has 0 aromatic heterocycles. The maximum atomic E-state index is 11.2. The van der Waals surface area contributed by atoms with E-state index in [1.54, 1.807) is 7.11 Å². The van der Waals surface area contributed by atoms with Crippen molar-refractivity contribution >= 4 is 5.97 Å². The highest BCUT2D eigenvalue weighted by atomic mass is 16.5. The number of carbonyl (C=O) groups is 1. The molecule has 0 heterocycles. The Morgan fingerprint density at radius 1 is 1.38 bits per heavy atom. The van der Waals surface area contributed by atoms with E-state index in [0.717, 1.165) is 0 Å². The fraction of sp³-hybridized carbons (Fsp3) is 0.889. The van der Waals surface area contributed by atoms with Gasteiger partial charge in [-0.3, -0.25) is 10.1 Å². The zero-order chi connectivity index (χ0) is 10.5. The Hall–Kier alpha value is -0.610. The summed E-state index contributed by atoms with van der Waals surface area (Å²) in [5.74, 6) is -0.295. The Kier molecular flexibility index (Phi) is 4.95. The van der Waals surface area contributed by atoms with Crippen molar-refractivity contribution in [3.8, 4) is 0 Å². The van der Waals surface area contributed by atoms with E-state index in [0.29, 0.717) is 6.61 Å². The highest BCUT2D eigenvalue weighted by Gasteiger charge is 2.23. The summed E-state index contributed by atoms with van der Waals surface area (Å²) in [4.78, 5) is 11.2. The van der Waals surface area contributed by atoms with Crippen LogP contribution in [-0.2, 0) is 14.3 Å². The van der Waals surface area contributed by atoms with Gasteiger partial charge in [0.05, 0.1) is 13.7 Å². The molecule has 4 nitrogen and oxygen atoms in total. The molecule has 0 rings (SSSR count). The summed E-state index contributed by atoms with van der Waals surface area (Å²) in [6, 6.07) is -0.394. The molecule has 0 radical (unpaired) electrons. The standard InChI is InChI=1S/C9H19NO3/c1-9(2,3)10-7(6-12-4)8(11)13-5/h7,10H,6H2,1-5H3. The molecule has 78 valence electrons. The minimum Gasteiger partial charge on any atom is -0.468 e. The summed E-state index contributed by atoms with van der Waals surface area (Å²) < 4.78 is 9.54. The summed E-state index contributed by atoms with van der Waals surface area (Å²) in [5, 5.41) is 3.11. The van der Waals surface area contributed by atoms with E-state index in [1.807, 2.05) is 20.8 Å². The molecule has 1 unspecified atom stereocenters. The van der Waals surface area contributed by atoms with Gasteiger partial charge in [-0.15, -0.1) is 0 Å². The van der Waals surface area contributed by atoms with Gasteiger partial charge in [-0.2, -0.15) is 0 Å². The van der Waals surface area contributed by atoms with Crippen molar-refractivity contribution in [2.45, 2.75) is 32.4 Å². The third-order valence-electron chi connectivity index (χ3n) is 1.43. The SMILES string of the molecule is COCC(NC(C)(C)C)C(=O)OC. The van der Waals surface area contributed by atoms with E-state index in [9.17, 15) is 4.79 Å². The lowest BCUT2D eigenvalue weighted by Crippen LogP contribution is -2.50. The van der Waals surface area contributed by atoms with Crippen LogP contribution in [0.4, 0.5) is 0 Å². The van der Waals surface area contributed by atoms with Crippen molar-refractivity contribution in [1.82, 2.24) is 5.32 Å². The first-order valence-electron chi connectivity index (χ1n) is 4.25. The molecule has 0 aromatic rings. The second-order valence-electron chi connectivity index (χ2n) is 3.93. The third-order valence-corrected chi connectivity index (χ3v) is 1.43. The molecule has 0 aliphatic heterocycles. The number of hydrogen-bond acceptors (Lipinski definition) is 4. The van der Waals surface area contributed by atoms with Gasteiger partial charge in [-0.25, -0.2) is 0 Å². The molecule has 0 aromatic carbocycles. The van der Waals surface area contributed by atoms with Crippen molar-refractivity contribution in [2.24, 2.45) is 0 Å². The zero-order valence-electron chi connectivity index (χ0n) is 9.01. The summed E-state index contributed by atoms with van der Waals surface area (Å²) in [5.41, 5.74) is -0.128. The fourth-order valence-corrected chi connectivity index (χ4v) is 1.00. The van der Waals surface area contributed by atoms with Crippen molar-refractivity contribution in [2.75, 3.05) is 20.8 Å². The van der Waals surface area contributed by atoms with Gasteiger partial charge in [-0.05, 0) is 20.8 Å². The van der Waals surface area contributed by atoms with E-state index >= 15 is 0 Å². The van der Waals surface area contributed by atoms with Crippen LogP contribution in [0.15, 0.2) is 0 Å². The Balaban J connectivity index is 4.17. The first-order valence-corrected chi connectivity index (χ1v) is 4.25. The number of ether oxygens (including phenoxy) is 2. The predicted molar refractivity (Wildman–Crippen MR) is 50.6 cm³/mol. The molecular weight excluding hydrogens is 170 g/mol. The quantitative estimate of drug-likeness (QED) is 0.656. The maximum absolute atomic E-state index is 11.2. The van der Waals surface area contributed by atoms with Gasteiger partial charge in [0.15, 0.2) is 0 Å². The number of methoxy groups -OCH3 is 2.